The van der Waals surface area contributed by atoms with E-state index in [1.807, 2.05) is 7.05 Å². The predicted octanol–water partition coefficient (Wildman–Crippen LogP) is 2.08. The summed E-state index contributed by atoms with van der Waals surface area (Å²) in [4.78, 5) is 12.4. The van der Waals surface area contributed by atoms with Crippen LogP contribution in [0.2, 0.25) is 5.02 Å². The number of hydrogen-bond donors (Lipinski definition) is 2. The zero-order chi connectivity index (χ0) is 16.1. The summed E-state index contributed by atoms with van der Waals surface area (Å²) in [5.74, 6) is 0.546. The van der Waals surface area contributed by atoms with Crippen LogP contribution in [0.15, 0.2) is 30.6 Å². The molecule has 6 nitrogen and oxygen atoms in total. The van der Waals surface area contributed by atoms with Crippen molar-refractivity contribution in [1.82, 2.24) is 20.4 Å². The molecule has 0 saturated heterocycles. The molecule has 2 aromatic rings. The largest absolute Gasteiger partial charge is 0.496 e. The highest BCUT2D eigenvalue weighted by atomic mass is 35.5. The number of methoxy groups -OCH3 is 1. The summed E-state index contributed by atoms with van der Waals surface area (Å²) in [5.41, 5.74) is 1.63. The van der Waals surface area contributed by atoms with E-state index >= 15 is 0 Å². The molecule has 2 rings (SSSR count). The molecule has 8 heteroatoms. The van der Waals surface area contributed by atoms with Gasteiger partial charge in [-0.3, -0.25) is 9.48 Å². The minimum absolute atomic E-state index is 0. The monoisotopic (exact) mass is 358 g/mol. The van der Waals surface area contributed by atoms with Crippen molar-refractivity contribution in [1.29, 1.82) is 0 Å². The van der Waals surface area contributed by atoms with Crippen molar-refractivity contribution in [3.63, 3.8) is 0 Å². The third-order valence-electron chi connectivity index (χ3n) is 3.30. The van der Waals surface area contributed by atoms with E-state index in [-0.39, 0.29) is 18.3 Å². The summed E-state index contributed by atoms with van der Waals surface area (Å²) in [6.45, 7) is 0.334. The Morgan fingerprint density at radius 3 is 2.78 bits per heavy atom. The highest BCUT2D eigenvalue weighted by molar-refractivity contribution is 6.30. The van der Waals surface area contributed by atoms with Gasteiger partial charge >= 0.3 is 0 Å². The average Bonchev–Trinajstić information content (AvgIpc) is 2.92. The molecule has 126 valence electrons. The van der Waals surface area contributed by atoms with E-state index in [2.05, 4.69) is 15.7 Å². The fraction of sp³-hybridized carbons (Fsp3) is 0.333. The first-order valence-corrected chi connectivity index (χ1v) is 7.19. The molecule has 0 aliphatic rings. The van der Waals surface area contributed by atoms with Crippen molar-refractivity contribution in [3.05, 3.63) is 46.7 Å². The Morgan fingerprint density at radius 1 is 1.48 bits per heavy atom. The third-order valence-corrected chi connectivity index (χ3v) is 3.54. The lowest BCUT2D eigenvalue weighted by Crippen LogP contribution is -2.35. The number of halogens is 2. The maximum Gasteiger partial charge on any atom is 0.242 e. The number of carbonyl (C=O) groups is 1. The van der Waals surface area contributed by atoms with Crippen LogP contribution in [0.4, 0.5) is 0 Å². The summed E-state index contributed by atoms with van der Waals surface area (Å²) >= 11 is 5.99. The van der Waals surface area contributed by atoms with Gasteiger partial charge in [0.2, 0.25) is 5.91 Å². The second-order valence-corrected chi connectivity index (χ2v) is 5.28. The smallest absolute Gasteiger partial charge is 0.242 e. The Hall–Kier alpha value is -1.76. The van der Waals surface area contributed by atoms with Crippen LogP contribution in [-0.2, 0) is 18.4 Å². The number of rotatable bonds is 6. The Bertz CT molecular complexity index is 661. The van der Waals surface area contributed by atoms with Gasteiger partial charge in [-0.1, -0.05) is 11.6 Å². The molecule has 1 heterocycles. The van der Waals surface area contributed by atoms with E-state index in [1.165, 1.54) is 0 Å². The fourth-order valence-corrected chi connectivity index (χ4v) is 2.40. The van der Waals surface area contributed by atoms with Gasteiger partial charge in [0.15, 0.2) is 0 Å². The van der Waals surface area contributed by atoms with E-state index in [1.54, 1.807) is 49.4 Å². The minimum Gasteiger partial charge on any atom is -0.496 e. The molecule has 0 spiro atoms. The summed E-state index contributed by atoms with van der Waals surface area (Å²) in [7, 11) is 5.13. The molecule has 0 saturated carbocycles. The van der Waals surface area contributed by atoms with Crippen molar-refractivity contribution in [2.24, 2.45) is 7.05 Å². The van der Waals surface area contributed by atoms with E-state index in [9.17, 15) is 4.79 Å². The quantitative estimate of drug-likeness (QED) is 0.829. The van der Waals surface area contributed by atoms with Crippen LogP contribution in [0.25, 0.3) is 0 Å². The lowest BCUT2D eigenvalue weighted by atomic mass is 10.1. The molecule has 0 fully saturated rings. The molecule has 1 amide bonds. The molecule has 0 aliphatic carbocycles. The fourth-order valence-electron chi connectivity index (χ4n) is 2.21. The number of aromatic nitrogens is 2. The molecule has 0 radical (unpaired) electrons. The molecule has 1 atom stereocenters. The highest BCUT2D eigenvalue weighted by Crippen LogP contribution is 2.22. The molecule has 0 aliphatic heterocycles. The van der Waals surface area contributed by atoms with Crippen molar-refractivity contribution in [2.75, 3.05) is 14.2 Å². The van der Waals surface area contributed by atoms with Gasteiger partial charge in [-0.05, 0) is 25.2 Å². The first kappa shape index (κ1) is 19.3. The number of nitrogens with one attached hydrogen (secondary N) is 2. The highest BCUT2D eigenvalue weighted by Gasteiger charge is 2.20. The molecule has 1 aromatic carbocycles. The lowest BCUT2D eigenvalue weighted by molar-refractivity contribution is -0.123. The summed E-state index contributed by atoms with van der Waals surface area (Å²) in [5, 5.41) is 10.6. The molecular weight excluding hydrogens is 339 g/mol. The van der Waals surface area contributed by atoms with E-state index in [0.29, 0.717) is 17.3 Å². The number of nitrogens with zero attached hydrogens (tertiary/aromatic N) is 2. The zero-order valence-corrected chi connectivity index (χ0v) is 14.7. The van der Waals surface area contributed by atoms with Crippen LogP contribution in [0.5, 0.6) is 5.75 Å². The second-order valence-electron chi connectivity index (χ2n) is 4.84. The lowest BCUT2D eigenvalue weighted by Gasteiger charge is -2.15. The molecular formula is C15H20Cl2N4O2. The van der Waals surface area contributed by atoms with Crippen molar-refractivity contribution in [3.8, 4) is 5.75 Å². The molecule has 0 bridgehead atoms. The Balaban J connectivity index is 0.00000264. The number of carbonyl (C=O) groups excluding carboxylic acids is 1. The Morgan fingerprint density at radius 2 is 2.22 bits per heavy atom. The minimum atomic E-state index is -0.459. The van der Waals surface area contributed by atoms with E-state index in [4.69, 9.17) is 16.3 Å². The van der Waals surface area contributed by atoms with Gasteiger partial charge in [0.25, 0.3) is 0 Å². The van der Waals surface area contributed by atoms with Gasteiger partial charge in [-0.25, -0.2) is 0 Å². The summed E-state index contributed by atoms with van der Waals surface area (Å²) in [6, 6.07) is 4.84. The Labute approximate surface area is 146 Å². The summed E-state index contributed by atoms with van der Waals surface area (Å²) in [6.07, 6.45) is 3.47. The molecule has 23 heavy (non-hydrogen) atoms. The van der Waals surface area contributed by atoms with Gasteiger partial charge in [0.05, 0.1) is 13.3 Å². The number of hydrogen-bond acceptors (Lipinski definition) is 4. The van der Waals surface area contributed by atoms with Crippen molar-refractivity contribution < 1.29 is 9.53 Å². The molecule has 1 aromatic heterocycles. The predicted molar refractivity (Wildman–Crippen MR) is 92.1 cm³/mol. The zero-order valence-electron chi connectivity index (χ0n) is 13.2. The number of ether oxygens (including phenoxy) is 1. The van der Waals surface area contributed by atoms with Gasteiger partial charge in [-0.15, -0.1) is 12.4 Å². The van der Waals surface area contributed by atoms with Crippen LogP contribution >= 0.6 is 24.0 Å². The van der Waals surface area contributed by atoms with Gasteiger partial charge in [-0.2, -0.15) is 5.10 Å². The van der Waals surface area contributed by atoms with Gasteiger partial charge in [0.1, 0.15) is 11.8 Å². The number of likely N-dealkylation sites (N-methyl/N-ethyl adjacent to an activating group) is 1. The number of aryl methyl sites for hydroxylation is 1. The van der Waals surface area contributed by atoms with Crippen molar-refractivity contribution >= 4 is 29.9 Å². The average molecular weight is 359 g/mol. The normalized spacial score (nSPS) is 11.5. The standard InChI is InChI=1S/C15H19ClN4O2.ClH/c1-17-14(11-8-19-20(2)9-11)15(21)18-7-10-6-12(16)4-5-13(10)22-3;/h4-6,8-9,14,17H,7H2,1-3H3,(H,18,21);1H. The maximum absolute atomic E-state index is 12.4. The maximum atomic E-state index is 12.4. The van der Waals surface area contributed by atoms with Crippen LogP contribution in [-0.4, -0.2) is 29.8 Å². The van der Waals surface area contributed by atoms with Crippen LogP contribution in [0.1, 0.15) is 17.2 Å². The van der Waals surface area contributed by atoms with Crippen LogP contribution < -0.4 is 15.4 Å². The first-order valence-electron chi connectivity index (χ1n) is 6.81. The van der Waals surface area contributed by atoms with E-state index < -0.39 is 6.04 Å². The number of benzene rings is 1. The topological polar surface area (TPSA) is 68.2 Å². The molecule has 2 N–H and O–H groups in total. The number of amides is 1. The van der Waals surface area contributed by atoms with Gasteiger partial charge in [0, 0.05) is 35.9 Å². The van der Waals surface area contributed by atoms with Crippen molar-refractivity contribution in [2.45, 2.75) is 12.6 Å². The molecule has 1 unspecified atom stereocenters. The van der Waals surface area contributed by atoms with Gasteiger partial charge < -0.3 is 15.4 Å². The van der Waals surface area contributed by atoms with Crippen LogP contribution in [0, 0.1) is 0 Å². The van der Waals surface area contributed by atoms with E-state index in [0.717, 1.165) is 11.1 Å². The summed E-state index contributed by atoms with van der Waals surface area (Å²) < 4.78 is 6.93. The van der Waals surface area contributed by atoms with Crippen LogP contribution in [0.3, 0.4) is 0 Å². The Kier molecular flexibility index (Phi) is 7.35. The third kappa shape index (κ3) is 4.86. The SMILES string of the molecule is CNC(C(=O)NCc1cc(Cl)ccc1OC)c1cnn(C)c1.Cl. The second kappa shape index (κ2) is 8.76. The first-order chi connectivity index (χ1) is 10.5.